The molecule has 2 aromatic rings. The van der Waals surface area contributed by atoms with Gasteiger partial charge >= 0.3 is 0 Å². The van der Waals surface area contributed by atoms with Crippen LogP contribution in [-0.2, 0) is 14.8 Å². The molecule has 0 heterocycles. The van der Waals surface area contributed by atoms with Crippen LogP contribution < -0.4 is 14.8 Å². The summed E-state index contributed by atoms with van der Waals surface area (Å²) in [5.41, 5.74) is 0.915. The zero-order chi connectivity index (χ0) is 17.9. The Labute approximate surface area is 139 Å². The van der Waals surface area contributed by atoms with E-state index in [1.807, 2.05) is 0 Å². The Bertz CT molecular complexity index is 882. The van der Waals surface area contributed by atoms with Gasteiger partial charge in [0.2, 0.25) is 5.91 Å². The van der Waals surface area contributed by atoms with Crippen molar-refractivity contribution in [1.29, 1.82) is 0 Å². The Hall–Kier alpha value is -2.61. The number of carbonyl (C=O) groups is 1. The zero-order valence-corrected chi connectivity index (χ0v) is 14.2. The topological polar surface area (TPSA) is 84.5 Å². The Balaban J connectivity index is 2.38. The van der Waals surface area contributed by atoms with Crippen LogP contribution in [0.25, 0.3) is 0 Å². The van der Waals surface area contributed by atoms with E-state index in [0.717, 1.165) is 0 Å². The minimum Gasteiger partial charge on any atom is -0.495 e. The number of methoxy groups -OCH3 is 1. The van der Waals surface area contributed by atoms with Gasteiger partial charge in [0.1, 0.15) is 11.6 Å². The molecule has 0 bridgehead atoms. The maximum Gasteiger partial charge on any atom is 0.262 e. The van der Waals surface area contributed by atoms with E-state index in [1.165, 1.54) is 44.4 Å². The first kappa shape index (κ1) is 17.7. The van der Waals surface area contributed by atoms with Crippen molar-refractivity contribution in [3.05, 3.63) is 47.8 Å². The van der Waals surface area contributed by atoms with Crippen molar-refractivity contribution in [3.63, 3.8) is 0 Å². The summed E-state index contributed by atoms with van der Waals surface area (Å²) in [6, 6.07) is 8.08. The number of carbonyl (C=O) groups excluding carboxylic acids is 1. The maximum atomic E-state index is 13.8. The van der Waals surface area contributed by atoms with Gasteiger partial charge in [-0.3, -0.25) is 9.52 Å². The summed E-state index contributed by atoms with van der Waals surface area (Å²) >= 11 is 0. The molecule has 0 aliphatic carbocycles. The lowest BCUT2D eigenvalue weighted by Crippen LogP contribution is -2.15. The van der Waals surface area contributed by atoms with Crippen LogP contribution in [0.1, 0.15) is 12.5 Å². The van der Waals surface area contributed by atoms with E-state index in [4.69, 9.17) is 4.74 Å². The van der Waals surface area contributed by atoms with E-state index < -0.39 is 15.8 Å². The fraction of sp³-hybridized carbons (Fsp3) is 0.188. The summed E-state index contributed by atoms with van der Waals surface area (Å²) in [5, 5.41) is 2.53. The van der Waals surface area contributed by atoms with Crippen LogP contribution in [0, 0.1) is 12.7 Å². The normalized spacial score (nSPS) is 11.0. The third kappa shape index (κ3) is 4.02. The summed E-state index contributed by atoms with van der Waals surface area (Å²) in [6.07, 6.45) is 0. The van der Waals surface area contributed by atoms with Crippen LogP contribution in [0.5, 0.6) is 5.75 Å². The molecule has 2 aromatic carbocycles. The van der Waals surface area contributed by atoms with Crippen LogP contribution in [0.4, 0.5) is 15.8 Å². The van der Waals surface area contributed by atoms with Crippen molar-refractivity contribution in [2.75, 3.05) is 17.1 Å². The van der Waals surface area contributed by atoms with Gasteiger partial charge in [-0.1, -0.05) is 6.07 Å². The fourth-order valence-electron chi connectivity index (χ4n) is 2.05. The number of sulfonamides is 1. The molecule has 0 fully saturated rings. The van der Waals surface area contributed by atoms with E-state index in [2.05, 4.69) is 10.0 Å². The molecule has 128 valence electrons. The number of nitrogens with one attached hydrogen (secondary N) is 2. The molecule has 0 spiro atoms. The van der Waals surface area contributed by atoms with E-state index in [0.29, 0.717) is 11.3 Å². The van der Waals surface area contributed by atoms with E-state index in [1.54, 1.807) is 13.0 Å². The monoisotopic (exact) mass is 352 g/mol. The number of rotatable bonds is 5. The lowest BCUT2D eigenvalue weighted by Gasteiger charge is -2.13. The van der Waals surface area contributed by atoms with Crippen LogP contribution in [0.3, 0.4) is 0 Å². The molecular formula is C16H17FN2O4S. The highest BCUT2D eigenvalue weighted by Crippen LogP contribution is 2.29. The number of aryl methyl sites for hydroxylation is 1. The standard InChI is InChI=1S/C16H17FN2O4S/c1-10-4-6-13(17)15(8-10)19-24(21,22)12-5-7-14(18-11(2)20)16(9-12)23-3/h4-9,19H,1-3H3,(H,18,20). The largest absolute Gasteiger partial charge is 0.495 e. The predicted molar refractivity (Wildman–Crippen MR) is 89.2 cm³/mol. The lowest BCUT2D eigenvalue weighted by atomic mass is 10.2. The van der Waals surface area contributed by atoms with Crippen molar-refractivity contribution < 1.29 is 22.3 Å². The predicted octanol–water partition coefficient (Wildman–Crippen LogP) is 2.90. The third-order valence-electron chi connectivity index (χ3n) is 3.16. The number of ether oxygens (including phenoxy) is 1. The number of amides is 1. The average Bonchev–Trinajstić information content (AvgIpc) is 2.50. The second-order valence-corrected chi connectivity index (χ2v) is 6.81. The molecule has 0 aliphatic rings. The zero-order valence-electron chi connectivity index (χ0n) is 13.4. The first-order chi connectivity index (χ1) is 11.2. The Kier molecular flexibility index (Phi) is 5.08. The molecule has 2 N–H and O–H groups in total. The number of benzene rings is 2. The summed E-state index contributed by atoms with van der Waals surface area (Å²) in [5.74, 6) is -0.812. The number of anilines is 2. The molecule has 24 heavy (non-hydrogen) atoms. The van der Waals surface area contributed by atoms with Crippen molar-refractivity contribution in [2.24, 2.45) is 0 Å². The molecule has 1 amide bonds. The second-order valence-electron chi connectivity index (χ2n) is 5.13. The molecule has 0 radical (unpaired) electrons. The number of hydrogen-bond acceptors (Lipinski definition) is 4. The molecule has 0 aromatic heterocycles. The highest BCUT2D eigenvalue weighted by molar-refractivity contribution is 7.92. The van der Waals surface area contributed by atoms with Gasteiger partial charge in [-0.05, 0) is 36.8 Å². The van der Waals surface area contributed by atoms with Gasteiger partial charge < -0.3 is 10.1 Å². The smallest absolute Gasteiger partial charge is 0.262 e. The quantitative estimate of drug-likeness (QED) is 0.866. The molecule has 0 saturated heterocycles. The maximum absolute atomic E-state index is 13.8. The summed E-state index contributed by atoms with van der Waals surface area (Å²) < 4.78 is 46.0. The van der Waals surface area contributed by atoms with Gasteiger partial charge in [-0.25, -0.2) is 12.8 Å². The van der Waals surface area contributed by atoms with Gasteiger partial charge in [0.25, 0.3) is 10.0 Å². The molecule has 0 saturated carbocycles. The van der Waals surface area contributed by atoms with E-state index in [9.17, 15) is 17.6 Å². The molecule has 0 unspecified atom stereocenters. The molecule has 0 aliphatic heterocycles. The summed E-state index contributed by atoms with van der Waals surface area (Å²) in [4.78, 5) is 11.0. The molecule has 8 heteroatoms. The highest BCUT2D eigenvalue weighted by Gasteiger charge is 2.19. The molecule has 6 nitrogen and oxygen atoms in total. The Morgan fingerprint density at radius 1 is 1.12 bits per heavy atom. The number of hydrogen-bond donors (Lipinski definition) is 2. The first-order valence-corrected chi connectivity index (χ1v) is 8.46. The van der Waals surface area contributed by atoms with Crippen molar-refractivity contribution in [2.45, 2.75) is 18.7 Å². The highest BCUT2D eigenvalue weighted by atomic mass is 32.2. The number of halogens is 1. The van der Waals surface area contributed by atoms with Crippen molar-refractivity contribution >= 4 is 27.3 Å². The first-order valence-electron chi connectivity index (χ1n) is 6.97. The fourth-order valence-corrected chi connectivity index (χ4v) is 3.13. The third-order valence-corrected chi connectivity index (χ3v) is 4.52. The molecular weight excluding hydrogens is 335 g/mol. The van der Waals surface area contributed by atoms with Gasteiger partial charge in [-0.15, -0.1) is 0 Å². The average molecular weight is 352 g/mol. The SMILES string of the molecule is COc1cc(S(=O)(=O)Nc2cc(C)ccc2F)ccc1NC(C)=O. The Morgan fingerprint density at radius 2 is 1.83 bits per heavy atom. The minimum absolute atomic E-state index is 0.116. The van der Waals surface area contributed by atoms with E-state index in [-0.39, 0.29) is 22.2 Å². The van der Waals surface area contributed by atoms with Crippen LogP contribution in [-0.4, -0.2) is 21.4 Å². The lowest BCUT2D eigenvalue weighted by molar-refractivity contribution is -0.114. The van der Waals surface area contributed by atoms with Gasteiger partial charge in [0.05, 0.1) is 23.4 Å². The van der Waals surface area contributed by atoms with Crippen molar-refractivity contribution in [3.8, 4) is 5.75 Å². The van der Waals surface area contributed by atoms with Gasteiger partial charge in [0, 0.05) is 13.0 Å². The minimum atomic E-state index is -4.01. The summed E-state index contributed by atoms with van der Waals surface area (Å²) in [7, 11) is -2.66. The van der Waals surface area contributed by atoms with Crippen LogP contribution >= 0.6 is 0 Å². The summed E-state index contributed by atoms with van der Waals surface area (Å²) in [6.45, 7) is 3.05. The Morgan fingerprint density at radius 3 is 2.46 bits per heavy atom. The van der Waals surface area contributed by atoms with Gasteiger partial charge in [0.15, 0.2) is 0 Å². The van der Waals surface area contributed by atoms with E-state index >= 15 is 0 Å². The second kappa shape index (κ2) is 6.88. The molecule has 2 rings (SSSR count). The van der Waals surface area contributed by atoms with Crippen molar-refractivity contribution in [1.82, 2.24) is 0 Å². The molecule has 0 atom stereocenters. The van der Waals surface area contributed by atoms with Crippen LogP contribution in [0.15, 0.2) is 41.3 Å². The van der Waals surface area contributed by atoms with Crippen LogP contribution in [0.2, 0.25) is 0 Å². The van der Waals surface area contributed by atoms with Gasteiger partial charge in [-0.2, -0.15) is 0 Å².